The molecule has 0 radical (unpaired) electrons. The van der Waals surface area contributed by atoms with Crippen molar-refractivity contribution in [3.63, 3.8) is 0 Å². The lowest BCUT2D eigenvalue weighted by molar-refractivity contribution is -0.168. The van der Waals surface area contributed by atoms with E-state index in [-0.39, 0.29) is 12.8 Å². The van der Waals surface area contributed by atoms with E-state index in [2.05, 4.69) is 22.6 Å². The highest BCUT2D eigenvalue weighted by molar-refractivity contribution is 6.00. The van der Waals surface area contributed by atoms with Crippen molar-refractivity contribution in [2.75, 3.05) is 14.2 Å². The molecular formula is C12H18O4. The summed E-state index contributed by atoms with van der Waals surface area (Å²) in [5.74, 6) is -1.25. The summed E-state index contributed by atoms with van der Waals surface area (Å²) in [6.45, 7) is 8.99. The highest BCUT2D eigenvalue weighted by atomic mass is 16.5. The Morgan fingerprint density at radius 2 is 1.69 bits per heavy atom. The second-order valence-electron chi connectivity index (χ2n) is 3.69. The van der Waals surface area contributed by atoms with E-state index >= 15 is 0 Å². The first-order valence-electron chi connectivity index (χ1n) is 4.86. The minimum absolute atomic E-state index is 0.166. The van der Waals surface area contributed by atoms with Crippen molar-refractivity contribution in [1.29, 1.82) is 0 Å². The second-order valence-corrected chi connectivity index (χ2v) is 3.69. The van der Waals surface area contributed by atoms with Crippen molar-refractivity contribution < 1.29 is 19.1 Å². The van der Waals surface area contributed by atoms with Gasteiger partial charge in [-0.1, -0.05) is 11.6 Å². The zero-order valence-electron chi connectivity index (χ0n) is 10.0. The molecule has 4 nitrogen and oxygen atoms in total. The van der Waals surface area contributed by atoms with Gasteiger partial charge in [-0.2, -0.15) is 0 Å². The fraction of sp³-hybridized carbons (Fsp3) is 0.500. The van der Waals surface area contributed by atoms with Gasteiger partial charge in [0.05, 0.1) is 14.2 Å². The lowest BCUT2D eigenvalue weighted by Crippen LogP contribution is -2.41. The van der Waals surface area contributed by atoms with E-state index in [1.165, 1.54) is 20.3 Å². The molecule has 0 N–H and O–H groups in total. The van der Waals surface area contributed by atoms with Gasteiger partial charge in [-0.05, 0) is 19.8 Å². The average Bonchev–Trinajstić information content (AvgIpc) is 2.25. The predicted octanol–water partition coefficient (Wildman–Crippen LogP) is 1.86. The van der Waals surface area contributed by atoms with Gasteiger partial charge in [0.15, 0.2) is 5.41 Å². The zero-order valence-corrected chi connectivity index (χ0v) is 10.0. The minimum atomic E-state index is -1.35. The number of carbonyl (C=O) groups excluding carboxylic acids is 2. The summed E-state index contributed by atoms with van der Waals surface area (Å²) >= 11 is 0. The zero-order chi connectivity index (χ0) is 12.8. The Morgan fingerprint density at radius 1 is 1.25 bits per heavy atom. The van der Waals surface area contributed by atoms with E-state index in [1.54, 1.807) is 6.92 Å². The van der Waals surface area contributed by atoms with Crippen LogP contribution in [0, 0.1) is 5.41 Å². The summed E-state index contributed by atoms with van der Waals surface area (Å²) in [5.41, 5.74) is -0.644. The van der Waals surface area contributed by atoms with Crippen LogP contribution in [0.1, 0.15) is 19.8 Å². The van der Waals surface area contributed by atoms with Crippen LogP contribution in [0.15, 0.2) is 24.8 Å². The standard InChI is InChI=1S/C12H18O4/c1-6-7-12(8-9(2)3,10(13)15-4)11(14)16-5/h6H,1-2,7-8H2,3-5H3. The van der Waals surface area contributed by atoms with Crippen molar-refractivity contribution in [2.24, 2.45) is 5.41 Å². The van der Waals surface area contributed by atoms with E-state index in [1.807, 2.05) is 0 Å². The smallest absolute Gasteiger partial charge is 0.323 e. The van der Waals surface area contributed by atoms with E-state index in [9.17, 15) is 9.59 Å². The fourth-order valence-electron chi connectivity index (χ4n) is 1.62. The van der Waals surface area contributed by atoms with Crippen molar-refractivity contribution in [3.05, 3.63) is 24.8 Å². The van der Waals surface area contributed by atoms with Crippen LogP contribution < -0.4 is 0 Å². The molecule has 0 saturated heterocycles. The average molecular weight is 226 g/mol. The van der Waals surface area contributed by atoms with Crippen LogP contribution in [0.5, 0.6) is 0 Å². The summed E-state index contributed by atoms with van der Waals surface area (Å²) < 4.78 is 9.33. The molecule has 90 valence electrons. The fourth-order valence-corrected chi connectivity index (χ4v) is 1.62. The van der Waals surface area contributed by atoms with Gasteiger partial charge in [0, 0.05) is 0 Å². The van der Waals surface area contributed by atoms with Crippen LogP contribution in [0.3, 0.4) is 0 Å². The molecule has 0 rings (SSSR count). The van der Waals surface area contributed by atoms with Crippen LogP contribution in [0.4, 0.5) is 0 Å². The first kappa shape index (κ1) is 14.4. The largest absolute Gasteiger partial charge is 0.468 e. The van der Waals surface area contributed by atoms with E-state index in [0.717, 1.165) is 0 Å². The van der Waals surface area contributed by atoms with Crippen LogP contribution in [0.2, 0.25) is 0 Å². The number of hydrogen-bond acceptors (Lipinski definition) is 4. The highest BCUT2D eigenvalue weighted by Gasteiger charge is 2.47. The van der Waals surface area contributed by atoms with Gasteiger partial charge in [0.2, 0.25) is 0 Å². The van der Waals surface area contributed by atoms with Crippen LogP contribution in [0.25, 0.3) is 0 Å². The maximum atomic E-state index is 11.7. The Balaban J connectivity index is 5.36. The predicted molar refractivity (Wildman–Crippen MR) is 60.7 cm³/mol. The number of ether oxygens (including phenoxy) is 2. The van der Waals surface area contributed by atoms with Crippen LogP contribution >= 0.6 is 0 Å². The van der Waals surface area contributed by atoms with Gasteiger partial charge < -0.3 is 9.47 Å². The van der Waals surface area contributed by atoms with Crippen molar-refractivity contribution >= 4 is 11.9 Å². The van der Waals surface area contributed by atoms with Crippen LogP contribution in [-0.2, 0) is 19.1 Å². The van der Waals surface area contributed by atoms with E-state index in [4.69, 9.17) is 0 Å². The topological polar surface area (TPSA) is 52.6 Å². The molecule has 0 aromatic heterocycles. The normalized spacial score (nSPS) is 10.4. The van der Waals surface area contributed by atoms with Gasteiger partial charge >= 0.3 is 11.9 Å². The third-order valence-corrected chi connectivity index (χ3v) is 2.25. The number of methoxy groups -OCH3 is 2. The molecule has 0 amide bonds. The number of allylic oxidation sites excluding steroid dienone is 2. The Kier molecular flexibility index (Phi) is 5.50. The molecule has 0 fully saturated rings. The van der Waals surface area contributed by atoms with Crippen LogP contribution in [-0.4, -0.2) is 26.2 Å². The monoisotopic (exact) mass is 226 g/mol. The molecule has 0 atom stereocenters. The molecule has 0 unspecified atom stereocenters. The summed E-state index contributed by atoms with van der Waals surface area (Å²) in [6, 6.07) is 0. The Bertz CT molecular complexity index is 288. The number of esters is 2. The molecule has 0 aliphatic carbocycles. The van der Waals surface area contributed by atoms with Gasteiger partial charge in [-0.25, -0.2) is 0 Å². The number of carbonyl (C=O) groups is 2. The van der Waals surface area contributed by atoms with Gasteiger partial charge in [0.25, 0.3) is 0 Å². The quantitative estimate of drug-likeness (QED) is 0.394. The first-order valence-corrected chi connectivity index (χ1v) is 4.86. The minimum Gasteiger partial charge on any atom is -0.468 e. The SMILES string of the molecule is C=CCC(CC(=C)C)(C(=O)OC)C(=O)OC. The summed E-state index contributed by atoms with van der Waals surface area (Å²) in [7, 11) is 2.48. The summed E-state index contributed by atoms with van der Waals surface area (Å²) in [6.07, 6.45) is 1.86. The molecule has 0 saturated carbocycles. The molecule has 0 aromatic carbocycles. The maximum Gasteiger partial charge on any atom is 0.323 e. The maximum absolute atomic E-state index is 11.7. The molecule has 0 aliphatic heterocycles. The summed E-state index contributed by atoms with van der Waals surface area (Å²) in [5, 5.41) is 0. The third-order valence-electron chi connectivity index (χ3n) is 2.25. The molecule has 0 aromatic rings. The van der Waals surface area contributed by atoms with Crippen molar-refractivity contribution in [1.82, 2.24) is 0 Å². The second kappa shape index (κ2) is 6.10. The van der Waals surface area contributed by atoms with Gasteiger partial charge in [-0.15, -0.1) is 13.2 Å². The number of rotatable bonds is 6. The Labute approximate surface area is 95.9 Å². The van der Waals surface area contributed by atoms with Gasteiger partial charge in [0.1, 0.15) is 0 Å². The van der Waals surface area contributed by atoms with E-state index < -0.39 is 17.4 Å². The number of hydrogen-bond donors (Lipinski definition) is 0. The lowest BCUT2D eigenvalue weighted by atomic mass is 9.79. The van der Waals surface area contributed by atoms with Crippen molar-refractivity contribution in [2.45, 2.75) is 19.8 Å². The summed E-state index contributed by atoms with van der Waals surface area (Å²) in [4.78, 5) is 23.5. The molecule has 0 spiro atoms. The molecular weight excluding hydrogens is 208 g/mol. The van der Waals surface area contributed by atoms with Crippen molar-refractivity contribution in [3.8, 4) is 0 Å². The highest BCUT2D eigenvalue weighted by Crippen LogP contribution is 2.33. The van der Waals surface area contributed by atoms with Gasteiger partial charge in [-0.3, -0.25) is 9.59 Å². The van der Waals surface area contributed by atoms with E-state index in [0.29, 0.717) is 5.57 Å². The third kappa shape index (κ3) is 2.95. The molecule has 4 heteroatoms. The molecule has 0 aliphatic rings. The Morgan fingerprint density at radius 3 is 1.94 bits per heavy atom. The molecule has 16 heavy (non-hydrogen) atoms. The first-order chi connectivity index (χ1) is 7.44. The Hall–Kier alpha value is -1.58. The molecule has 0 bridgehead atoms. The molecule has 0 heterocycles. The lowest BCUT2D eigenvalue weighted by Gasteiger charge is -2.27.